The highest BCUT2D eigenvalue weighted by molar-refractivity contribution is 6.31. The van der Waals surface area contributed by atoms with Gasteiger partial charge in [-0.25, -0.2) is 14.8 Å². The minimum absolute atomic E-state index is 0.100. The maximum absolute atomic E-state index is 10.8. The van der Waals surface area contributed by atoms with Crippen molar-refractivity contribution in [3.63, 3.8) is 0 Å². The summed E-state index contributed by atoms with van der Waals surface area (Å²) in [5.74, 6) is -0.655. The van der Waals surface area contributed by atoms with E-state index in [1.165, 1.54) is 6.20 Å². The molecule has 98 valence electrons. The van der Waals surface area contributed by atoms with Crippen LogP contribution in [-0.2, 0) is 6.54 Å². The van der Waals surface area contributed by atoms with Crippen LogP contribution >= 0.6 is 11.6 Å². The molecule has 0 radical (unpaired) electrons. The molecular formula is C13H12ClN3O2. The summed E-state index contributed by atoms with van der Waals surface area (Å²) in [7, 11) is 0. The van der Waals surface area contributed by atoms with Crippen molar-refractivity contribution in [3.05, 3.63) is 52.3 Å². The number of hydrogen-bond donors (Lipinski definition) is 2. The first-order valence-electron chi connectivity index (χ1n) is 5.62. The molecule has 1 aromatic carbocycles. The molecule has 0 saturated carbocycles. The van der Waals surface area contributed by atoms with Crippen LogP contribution in [0.2, 0.25) is 5.02 Å². The normalized spacial score (nSPS) is 10.2. The third-order valence-electron chi connectivity index (χ3n) is 2.60. The zero-order chi connectivity index (χ0) is 13.8. The number of aromatic nitrogens is 2. The lowest BCUT2D eigenvalue weighted by atomic mass is 10.2. The summed E-state index contributed by atoms with van der Waals surface area (Å²) >= 11 is 6.03. The molecule has 0 atom stereocenters. The van der Waals surface area contributed by atoms with Gasteiger partial charge in [-0.1, -0.05) is 29.8 Å². The molecule has 0 fully saturated rings. The maximum atomic E-state index is 10.8. The number of halogens is 1. The summed E-state index contributed by atoms with van der Waals surface area (Å²) in [4.78, 5) is 18.9. The highest BCUT2D eigenvalue weighted by Gasteiger charge is 2.09. The van der Waals surface area contributed by atoms with Gasteiger partial charge in [0.25, 0.3) is 0 Å². The maximum Gasteiger partial charge on any atom is 0.339 e. The van der Waals surface area contributed by atoms with E-state index in [9.17, 15) is 4.79 Å². The highest BCUT2D eigenvalue weighted by atomic mass is 35.5. The fourth-order valence-corrected chi connectivity index (χ4v) is 1.78. The average molecular weight is 278 g/mol. The van der Waals surface area contributed by atoms with Crippen LogP contribution in [0.4, 0.5) is 5.95 Å². The van der Waals surface area contributed by atoms with Crippen LogP contribution in [0.3, 0.4) is 0 Å². The fraction of sp³-hybridized carbons (Fsp3) is 0.154. The van der Waals surface area contributed by atoms with E-state index in [1.54, 1.807) is 13.0 Å². The number of carboxylic acids is 1. The van der Waals surface area contributed by atoms with E-state index in [4.69, 9.17) is 16.7 Å². The first kappa shape index (κ1) is 13.3. The molecule has 2 rings (SSSR count). The van der Waals surface area contributed by atoms with Gasteiger partial charge in [0.2, 0.25) is 5.95 Å². The van der Waals surface area contributed by atoms with Gasteiger partial charge in [0.15, 0.2) is 0 Å². The summed E-state index contributed by atoms with van der Waals surface area (Å²) in [5, 5.41) is 12.6. The number of rotatable bonds is 4. The number of hydrogen-bond acceptors (Lipinski definition) is 4. The average Bonchev–Trinajstić information content (AvgIpc) is 2.37. The van der Waals surface area contributed by atoms with Gasteiger partial charge < -0.3 is 10.4 Å². The summed E-state index contributed by atoms with van der Waals surface area (Å²) in [6.07, 6.45) is 1.29. The molecule has 0 aliphatic carbocycles. The number of carbonyl (C=O) groups is 1. The van der Waals surface area contributed by atoms with Crippen molar-refractivity contribution in [3.8, 4) is 0 Å². The predicted molar refractivity (Wildman–Crippen MR) is 72.5 cm³/mol. The van der Waals surface area contributed by atoms with Crippen LogP contribution in [0.5, 0.6) is 0 Å². The van der Waals surface area contributed by atoms with Gasteiger partial charge in [0, 0.05) is 17.8 Å². The van der Waals surface area contributed by atoms with E-state index in [2.05, 4.69) is 15.3 Å². The Morgan fingerprint density at radius 1 is 1.42 bits per heavy atom. The quantitative estimate of drug-likeness (QED) is 0.899. The lowest BCUT2D eigenvalue weighted by Gasteiger charge is -2.07. The van der Waals surface area contributed by atoms with E-state index in [1.807, 2.05) is 18.2 Å². The van der Waals surface area contributed by atoms with E-state index >= 15 is 0 Å². The van der Waals surface area contributed by atoms with Gasteiger partial charge in [-0.2, -0.15) is 0 Å². The van der Waals surface area contributed by atoms with Crippen LogP contribution in [-0.4, -0.2) is 21.0 Å². The van der Waals surface area contributed by atoms with Gasteiger partial charge in [-0.3, -0.25) is 0 Å². The van der Waals surface area contributed by atoms with Gasteiger partial charge in [0.1, 0.15) is 0 Å². The molecule has 0 unspecified atom stereocenters. The number of carboxylic acid groups (broad SMARTS) is 1. The smallest absolute Gasteiger partial charge is 0.339 e. The summed E-state index contributed by atoms with van der Waals surface area (Å²) < 4.78 is 0. The van der Waals surface area contributed by atoms with Gasteiger partial charge >= 0.3 is 5.97 Å². The van der Waals surface area contributed by atoms with Gasteiger partial charge in [-0.15, -0.1) is 0 Å². The van der Waals surface area contributed by atoms with E-state index < -0.39 is 5.97 Å². The molecule has 0 bridgehead atoms. The number of aryl methyl sites for hydroxylation is 1. The zero-order valence-corrected chi connectivity index (χ0v) is 11.0. The molecule has 19 heavy (non-hydrogen) atoms. The number of anilines is 1. The van der Waals surface area contributed by atoms with Crippen molar-refractivity contribution >= 4 is 23.5 Å². The molecular weight excluding hydrogens is 266 g/mol. The van der Waals surface area contributed by atoms with Crippen molar-refractivity contribution in [2.45, 2.75) is 13.5 Å². The SMILES string of the molecule is Cc1nc(NCc2ccccc2Cl)ncc1C(=O)O. The molecule has 1 aromatic heterocycles. The fourth-order valence-electron chi connectivity index (χ4n) is 1.58. The molecule has 6 heteroatoms. The Kier molecular flexibility index (Phi) is 3.97. The highest BCUT2D eigenvalue weighted by Crippen LogP contribution is 2.16. The largest absolute Gasteiger partial charge is 0.478 e. The Hall–Kier alpha value is -2.14. The molecule has 0 aliphatic rings. The second-order valence-corrected chi connectivity index (χ2v) is 4.35. The second kappa shape index (κ2) is 5.67. The molecule has 5 nitrogen and oxygen atoms in total. The van der Waals surface area contributed by atoms with Gasteiger partial charge in [-0.05, 0) is 18.6 Å². The molecule has 1 heterocycles. The molecule has 0 aliphatic heterocycles. The van der Waals surface area contributed by atoms with Crippen molar-refractivity contribution in [2.75, 3.05) is 5.32 Å². The second-order valence-electron chi connectivity index (χ2n) is 3.94. The first-order chi connectivity index (χ1) is 9.08. The summed E-state index contributed by atoms with van der Waals surface area (Å²) in [6.45, 7) is 2.11. The Morgan fingerprint density at radius 2 is 2.16 bits per heavy atom. The third-order valence-corrected chi connectivity index (χ3v) is 2.97. The number of benzene rings is 1. The van der Waals surface area contributed by atoms with Crippen LogP contribution < -0.4 is 5.32 Å². The number of nitrogens with zero attached hydrogens (tertiary/aromatic N) is 2. The minimum atomic E-state index is -1.03. The number of aromatic carboxylic acids is 1. The van der Waals surface area contributed by atoms with Crippen LogP contribution in [0.25, 0.3) is 0 Å². The van der Waals surface area contributed by atoms with E-state index in [-0.39, 0.29) is 5.56 Å². The minimum Gasteiger partial charge on any atom is -0.478 e. The standard InChI is InChI=1S/C13H12ClN3O2/c1-8-10(12(18)19)7-16-13(17-8)15-6-9-4-2-3-5-11(9)14/h2-5,7H,6H2,1H3,(H,18,19)(H,15,16,17). The molecule has 0 amide bonds. The van der Waals surface area contributed by atoms with Crippen molar-refractivity contribution in [1.29, 1.82) is 0 Å². The van der Waals surface area contributed by atoms with E-state index in [0.717, 1.165) is 5.56 Å². The van der Waals surface area contributed by atoms with Crippen LogP contribution in [0.15, 0.2) is 30.5 Å². The van der Waals surface area contributed by atoms with Crippen molar-refractivity contribution < 1.29 is 9.90 Å². The van der Waals surface area contributed by atoms with E-state index in [0.29, 0.717) is 23.2 Å². The first-order valence-corrected chi connectivity index (χ1v) is 6.00. The topological polar surface area (TPSA) is 75.1 Å². The zero-order valence-electron chi connectivity index (χ0n) is 10.2. The van der Waals surface area contributed by atoms with Crippen LogP contribution in [0, 0.1) is 6.92 Å². The molecule has 2 N–H and O–H groups in total. The Bertz CT molecular complexity index is 617. The summed E-state index contributed by atoms with van der Waals surface area (Å²) in [6, 6.07) is 7.45. The lowest BCUT2D eigenvalue weighted by Crippen LogP contribution is -2.08. The van der Waals surface area contributed by atoms with Crippen molar-refractivity contribution in [1.82, 2.24) is 9.97 Å². The third kappa shape index (κ3) is 3.20. The predicted octanol–water partition coefficient (Wildman–Crippen LogP) is 2.75. The molecule has 2 aromatic rings. The van der Waals surface area contributed by atoms with Gasteiger partial charge in [0.05, 0.1) is 11.3 Å². The monoisotopic (exact) mass is 277 g/mol. The van der Waals surface area contributed by atoms with Crippen LogP contribution in [0.1, 0.15) is 21.6 Å². The Balaban J connectivity index is 2.11. The Morgan fingerprint density at radius 3 is 2.79 bits per heavy atom. The number of nitrogens with one attached hydrogen (secondary N) is 1. The Labute approximate surface area is 115 Å². The molecule has 0 spiro atoms. The lowest BCUT2D eigenvalue weighted by molar-refractivity contribution is 0.0695. The molecule has 0 saturated heterocycles. The van der Waals surface area contributed by atoms with Crippen molar-refractivity contribution in [2.24, 2.45) is 0 Å². The summed E-state index contributed by atoms with van der Waals surface area (Å²) in [5.41, 5.74) is 1.44.